The van der Waals surface area contributed by atoms with Crippen LogP contribution in [-0.2, 0) is 32.5 Å². The highest BCUT2D eigenvalue weighted by molar-refractivity contribution is 5.87. The van der Waals surface area contributed by atoms with E-state index in [1.165, 1.54) is 29.2 Å². The van der Waals surface area contributed by atoms with Crippen molar-refractivity contribution >= 4 is 11.9 Å². The summed E-state index contributed by atoms with van der Waals surface area (Å²) in [6, 6.07) is 8.99. The van der Waals surface area contributed by atoms with Crippen LogP contribution in [0.1, 0.15) is 75.1 Å². The van der Waals surface area contributed by atoms with Gasteiger partial charge in [0.15, 0.2) is 5.67 Å². The highest BCUT2D eigenvalue weighted by Crippen LogP contribution is 2.60. The fourth-order valence-corrected chi connectivity index (χ4v) is 7.62. The van der Waals surface area contributed by atoms with Crippen LogP contribution in [0.3, 0.4) is 0 Å². The van der Waals surface area contributed by atoms with E-state index in [0.717, 1.165) is 11.6 Å². The van der Waals surface area contributed by atoms with Gasteiger partial charge in [-0.1, -0.05) is 44.2 Å². The summed E-state index contributed by atoms with van der Waals surface area (Å²) in [6.45, 7) is 4.20. The van der Waals surface area contributed by atoms with Crippen LogP contribution in [-0.4, -0.2) is 46.3 Å². The number of rotatable bonds is 5. The van der Waals surface area contributed by atoms with Crippen molar-refractivity contribution in [1.82, 2.24) is 4.90 Å². The van der Waals surface area contributed by atoms with Gasteiger partial charge >= 0.3 is 12.1 Å². The van der Waals surface area contributed by atoms with Crippen LogP contribution < -0.4 is 0 Å². The highest BCUT2D eigenvalue weighted by atomic mass is 19.4. The molecule has 3 atom stereocenters. The normalized spacial score (nSPS) is 30.4. The van der Waals surface area contributed by atoms with Crippen LogP contribution in [0.4, 0.5) is 26.3 Å². The third kappa shape index (κ3) is 4.52. The van der Waals surface area contributed by atoms with E-state index in [1.807, 2.05) is 0 Å². The Morgan fingerprint density at radius 2 is 1.59 bits per heavy atom. The zero-order valence-electron chi connectivity index (χ0n) is 23.1. The molecule has 10 heteroatoms. The molecule has 2 aliphatic carbocycles. The molecule has 0 radical (unpaired) electrons. The van der Waals surface area contributed by atoms with Crippen molar-refractivity contribution in [3.63, 3.8) is 0 Å². The number of nitrogens with zero attached hydrogens (tertiary/aromatic N) is 1. The van der Waals surface area contributed by atoms with Crippen molar-refractivity contribution in [3.8, 4) is 0 Å². The van der Waals surface area contributed by atoms with Crippen LogP contribution in [0.2, 0.25) is 0 Å². The smallest absolute Gasteiger partial charge is 0.426 e. The molecule has 1 saturated carbocycles. The quantitative estimate of drug-likeness (QED) is 0.390. The third-order valence-electron chi connectivity index (χ3n) is 9.85. The molecule has 1 saturated heterocycles. The molecule has 3 unspecified atom stereocenters. The fourth-order valence-electron chi connectivity index (χ4n) is 7.62. The number of likely N-dealkylation sites (tertiary alicyclic amines) is 1. The lowest BCUT2D eigenvalue weighted by atomic mass is 9.70. The molecule has 0 bridgehead atoms. The Kier molecular flexibility index (Phi) is 6.82. The van der Waals surface area contributed by atoms with Gasteiger partial charge in [-0.2, -0.15) is 13.2 Å². The molecule has 2 aromatic rings. The van der Waals surface area contributed by atoms with Gasteiger partial charge in [-0.3, -0.25) is 9.59 Å². The van der Waals surface area contributed by atoms with Crippen LogP contribution in [0.15, 0.2) is 42.5 Å². The Morgan fingerprint density at radius 1 is 0.976 bits per heavy atom. The Bertz CT molecular complexity index is 1360. The number of aliphatic carboxylic acids is 1. The van der Waals surface area contributed by atoms with Crippen LogP contribution in [0, 0.1) is 11.7 Å². The van der Waals surface area contributed by atoms with Gasteiger partial charge < -0.3 is 10.0 Å². The van der Waals surface area contributed by atoms with Gasteiger partial charge in [-0.15, -0.1) is 0 Å². The van der Waals surface area contributed by atoms with Gasteiger partial charge in [0.2, 0.25) is 5.67 Å². The summed E-state index contributed by atoms with van der Waals surface area (Å²) in [6.07, 6.45) is -4.89. The van der Waals surface area contributed by atoms with Crippen LogP contribution in [0.5, 0.6) is 0 Å². The molecule has 3 aliphatic rings. The number of carbonyl (C=O) groups excluding carboxylic acids is 1. The number of alkyl halides is 5. The molecule has 0 aromatic heterocycles. The molecule has 1 heterocycles. The van der Waals surface area contributed by atoms with Crippen molar-refractivity contribution in [1.29, 1.82) is 0 Å². The average molecular weight is 582 g/mol. The SMILES string of the molecule is CC1(C)c2cc(C(C)(F)C(F)(F)F)ccc2C2(Cc3ccc(F)cc3)CCN(C(=O)C3(F)CCC(C(=O)O)CC3)C12. The topological polar surface area (TPSA) is 57.6 Å². The Morgan fingerprint density at radius 3 is 2.15 bits per heavy atom. The summed E-state index contributed by atoms with van der Waals surface area (Å²) >= 11 is 0. The number of halogens is 6. The molecule has 5 rings (SSSR count). The van der Waals surface area contributed by atoms with E-state index < -0.39 is 63.6 Å². The maximum absolute atomic E-state index is 16.2. The second kappa shape index (κ2) is 9.49. The number of hydrogen-bond donors (Lipinski definition) is 1. The molecular formula is C31H33F6NO3. The lowest BCUT2D eigenvalue weighted by molar-refractivity contribution is -0.228. The van der Waals surface area contributed by atoms with Crippen molar-refractivity contribution < 1.29 is 41.0 Å². The number of carboxylic acid groups (broad SMARTS) is 1. The molecular weight excluding hydrogens is 548 g/mol. The van der Waals surface area contributed by atoms with Crippen molar-refractivity contribution in [2.45, 2.75) is 93.7 Å². The maximum Gasteiger partial charge on any atom is 0.426 e. The number of hydrogen-bond acceptors (Lipinski definition) is 2. The van der Waals surface area contributed by atoms with Gasteiger partial charge in [0.05, 0.1) is 12.0 Å². The summed E-state index contributed by atoms with van der Waals surface area (Å²) in [5.74, 6) is -2.94. The first kappa shape index (κ1) is 29.5. The molecule has 1 aliphatic heterocycles. The summed E-state index contributed by atoms with van der Waals surface area (Å²) in [5, 5.41) is 9.33. The predicted octanol–water partition coefficient (Wildman–Crippen LogP) is 6.93. The van der Waals surface area contributed by atoms with Gasteiger partial charge in [-0.25, -0.2) is 13.2 Å². The van der Waals surface area contributed by atoms with E-state index in [9.17, 15) is 32.3 Å². The third-order valence-corrected chi connectivity index (χ3v) is 9.85. The van der Waals surface area contributed by atoms with Crippen LogP contribution in [0.25, 0.3) is 0 Å². The van der Waals surface area contributed by atoms with E-state index in [0.29, 0.717) is 30.9 Å². The van der Waals surface area contributed by atoms with Gasteiger partial charge in [0.1, 0.15) is 5.82 Å². The molecule has 1 N–H and O–H groups in total. The molecule has 2 fully saturated rings. The minimum absolute atomic E-state index is 0.0241. The van der Waals surface area contributed by atoms with Gasteiger partial charge in [0.25, 0.3) is 5.91 Å². The number of carbonyl (C=O) groups is 2. The average Bonchev–Trinajstić information content (AvgIpc) is 3.37. The fraction of sp³-hybridized carbons (Fsp3) is 0.548. The first-order valence-electron chi connectivity index (χ1n) is 13.8. The minimum atomic E-state index is -5.15. The lowest BCUT2D eigenvalue weighted by Crippen LogP contribution is -2.56. The van der Waals surface area contributed by atoms with E-state index in [1.54, 1.807) is 26.0 Å². The predicted molar refractivity (Wildman–Crippen MR) is 139 cm³/mol. The monoisotopic (exact) mass is 581 g/mol. The second-order valence-electron chi connectivity index (χ2n) is 12.7. The molecule has 41 heavy (non-hydrogen) atoms. The minimum Gasteiger partial charge on any atom is -0.481 e. The summed E-state index contributed by atoms with van der Waals surface area (Å²) in [4.78, 5) is 26.8. The molecule has 2 aromatic carbocycles. The van der Waals surface area contributed by atoms with E-state index in [2.05, 4.69) is 0 Å². The van der Waals surface area contributed by atoms with E-state index in [-0.39, 0.29) is 32.2 Å². The van der Waals surface area contributed by atoms with E-state index in [4.69, 9.17) is 0 Å². The van der Waals surface area contributed by atoms with Gasteiger partial charge in [0, 0.05) is 17.4 Å². The largest absolute Gasteiger partial charge is 0.481 e. The highest BCUT2D eigenvalue weighted by Gasteiger charge is 2.64. The van der Waals surface area contributed by atoms with E-state index >= 15 is 8.78 Å². The zero-order chi connectivity index (χ0) is 30.2. The number of amides is 1. The van der Waals surface area contributed by atoms with Crippen molar-refractivity contribution in [3.05, 3.63) is 70.5 Å². The Balaban J connectivity index is 1.60. The zero-order valence-corrected chi connectivity index (χ0v) is 23.1. The maximum atomic E-state index is 16.2. The number of carboxylic acids is 1. The number of fused-ring (bicyclic) bond motifs is 3. The van der Waals surface area contributed by atoms with Crippen LogP contribution >= 0.6 is 0 Å². The Hall–Kier alpha value is -3.04. The summed E-state index contributed by atoms with van der Waals surface area (Å²) < 4.78 is 86.0. The summed E-state index contributed by atoms with van der Waals surface area (Å²) in [7, 11) is 0. The molecule has 4 nitrogen and oxygen atoms in total. The lowest BCUT2D eigenvalue weighted by Gasteiger charge is -2.43. The number of benzene rings is 2. The summed E-state index contributed by atoms with van der Waals surface area (Å²) in [5.41, 5.74) is -6.41. The molecule has 222 valence electrons. The van der Waals surface area contributed by atoms with Gasteiger partial charge in [-0.05, 0) is 79.8 Å². The second-order valence-corrected chi connectivity index (χ2v) is 12.7. The molecule has 0 spiro atoms. The first-order chi connectivity index (χ1) is 18.9. The first-order valence-corrected chi connectivity index (χ1v) is 13.8. The van der Waals surface area contributed by atoms with Crippen molar-refractivity contribution in [2.75, 3.05) is 6.54 Å². The van der Waals surface area contributed by atoms with Crippen molar-refractivity contribution in [2.24, 2.45) is 5.92 Å². The Labute approximate surface area is 234 Å². The standard InChI is InChI=1S/C31H33F6NO3/c1-27(2)23-16-20(28(3,33)31(35,36)37)6-9-22(23)29(17-18-4-7-21(32)8-5-18)14-15-38(25(27)29)26(41)30(34)12-10-19(11-13-30)24(39)40/h4-9,16,19,25H,10-15,17H2,1-3H3,(H,39,40). The molecule has 1 amide bonds.